The topological polar surface area (TPSA) is 33.2 Å². The van der Waals surface area contributed by atoms with Gasteiger partial charge in [0.2, 0.25) is 0 Å². The Labute approximate surface area is 197 Å². The van der Waals surface area contributed by atoms with Crippen molar-refractivity contribution in [3.8, 4) is 11.3 Å². The summed E-state index contributed by atoms with van der Waals surface area (Å²) in [6.45, 7) is 6.07. The maximum Gasteiger partial charge on any atom is 0.272 e. The molecule has 3 rings (SSSR count). The Hall–Kier alpha value is -2.43. The van der Waals surface area contributed by atoms with Crippen LogP contribution in [0.15, 0.2) is 54.6 Å². The Balaban J connectivity index is 1.97. The number of carbonyl (C=O) groups excluding carboxylic acids is 1. The number of rotatable bonds is 9. The van der Waals surface area contributed by atoms with Crippen LogP contribution in [-0.2, 0) is 0 Å². The number of amides is 1. The zero-order valence-electron chi connectivity index (χ0n) is 19.9. The van der Waals surface area contributed by atoms with Crippen molar-refractivity contribution >= 4 is 28.3 Å². The maximum absolute atomic E-state index is 13.7. The second-order valence-corrected chi connectivity index (χ2v) is 9.94. The molecule has 5 heteroatoms. The highest BCUT2D eigenvalue weighted by atomic mass is 35.5. The molecule has 0 fully saturated rings. The Morgan fingerprint density at radius 1 is 1.06 bits per heavy atom. The van der Waals surface area contributed by atoms with Crippen LogP contribution in [0.4, 0.5) is 0 Å². The number of hydrogen-bond acceptors (Lipinski definition) is 2. The number of aromatic nitrogens is 1. The fraction of sp³-hybridized carbons (Fsp3) is 0.407. The van der Waals surface area contributed by atoms with Crippen molar-refractivity contribution in [3.05, 3.63) is 65.3 Å². The number of quaternary nitrogens is 1. The van der Waals surface area contributed by atoms with E-state index in [1.807, 2.05) is 59.5 Å². The summed E-state index contributed by atoms with van der Waals surface area (Å²) >= 11 is 6.51. The highest BCUT2D eigenvalue weighted by molar-refractivity contribution is 6.33. The number of carbonyl (C=O) groups is 1. The molecular formula is C27H35ClN3O+. The lowest BCUT2D eigenvalue weighted by atomic mass is 10.0. The van der Waals surface area contributed by atoms with Gasteiger partial charge < -0.3 is 9.38 Å². The molecule has 0 aliphatic rings. The third-order valence-corrected chi connectivity index (χ3v) is 6.28. The molecule has 0 bridgehead atoms. The molecule has 0 N–H and O–H groups in total. The van der Waals surface area contributed by atoms with Crippen LogP contribution < -0.4 is 0 Å². The summed E-state index contributed by atoms with van der Waals surface area (Å²) in [5.74, 6) is -0.0105. The van der Waals surface area contributed by atoms with E-state index in [0.29, 0.717) is 10.7 Å². The van der Waals surface area contributed by atoms with Crippen LogP contribution in [-0.4, -0.2) is 60.5 Å². The third-order valence-electron chi connectivity index (χ3n) is 5.95. The van der Waals surface area contributed by atoms with Gasteiger partial charge in [-0.25, -0.2) is 4.98 Å². The molecule has 1 amide bonds. The van der Waals surface area contributed by atoms with E-state index in [1.54, 1.807) is 0 Å². The minimum Gasteiger partial charge on any atom is -0.335 e. The lowest BCUT2D eigenvalue weighted by Crippen LogP contribution is -2.40. The van der Waals surface area contributed by atoms with Gasteiger partial charge in [0.1, 0.15) is 5.69 Å². The zero-order chi connectivity index (χ0) is 23.3. The predicted molar refractivity (Wildman–Crippen MR) is 135 cm³/mol. The average Bonchev–Trinajstić information content (AvgIpc) is 2.77. The molecule has 0 spiro atoms. The number of pyridine rings is 1. The molecule has 0 aliphatic carbocycles. The van der Waals surface area contributed by atoms with E-state index in [-0.39, 0.29) is 11.9 Å². The lowest BCUT2D eigenvalue weighted by Gasteiger charge is -2.29. The SMILES string of the molecule is CC[C@H](C)N(CCCC[N+](C)(C)C)C(=O)c1cc2ccccc2c(-c2ccccc2Cl)n1. The monoisotopic (exact) mass is 452 g/mol. The average molecular weight is 453 g/mol. The highest BCUT2D eigenvalue weighted by Gasteiger charge is 2.23. The summed E-state index contributed by atoms with van der Waals surface area (Å²) in [6, 6.07) is 17.8. The van der Waals surface area contributed by atoms with Crippen LogP contribution in [0.3, 0.4) is 0 Å². The number of nitrogens with zero attached hydrogens (tertiary/aromatic N) is 3. The van der Waals surface area contributed by atoms with Gasteiger partial charge >= 0.3 is 0 Å². The molecule has 2 aromatic carbocycles. The Morgan fingerprint density at radius 3 is 2.44 bits per heavy atom. The molecule has 32 heavy (non-hydrogen) atoms. The smallest absolute Gasteiger partial charge is 0.272 e. The molecule has 4 nitrogen and oxygen atoms in total. The van der Waals surface area contributed by atoms with Gasteiger partial charge in [0.15, 0.2) is 0 Å². The summed E-state index contributed by atoms with van der Waals surface area (Å²) in [6.07, 6.45) is 2.97. The first-order valence-electron chi connectivity index (χ1n) is 11.5. The number of unbranched alkanes of at least 4 members (excludes halogenated alkanes) is 1. The van der Waals surface area contributed by atoms with Gasteiger partial charge in [0.05, 0.1) is 33.4 Å². The largest absolute Gasteiger partial charge is 0.335 e. The number of halogens is 1. The first-order chi connectivity index (χ1) is 15.2. The van der Waals surface area contributed by atoms with Gasteiger partial charge in [-0.1, -0.05) is 61.0 Å². The van der Waals surface area contributed by atoms with Gasteiger partial charge in [-0.05, 0) is 43.7 Å². The van der Waals surface area contributed by atoms with Crippen LogP contribution in [0, 0.1) is 0 Å². The van der Waals surface area contributed by atoms with Crippen molar-refractivity contribution in [2.24, 2.45) is 0 Å². The van der Waals surface area contributed by atoms with Gasteiger partial charge in [0, 0.05) is 28.6 Å². The summed E-state index contributed by atoms with van der Waals surface area (Å²) < 4.78 is 0.935. The lowest BCUT2D eigenvalue weighted by molar-refractivity contribution is -0.870. The Kier molecular flexibility index (Phi) is 7.91. The second kappa shape index (κ2) is 10.5. The minimum atomic E-state index is -0.0105. The number of hydrogen-bond donors (Lipinski definition) is 0. The summed E-state index contributed by atoms with van der Waals surface area (Å²) in [5.41, 5.74) is 2.08. The van der Waals surface area contributed by atoms with Crippen LogP contribution in [0.1, 0.15) is 43.6 Å². The molecule has 3 aromatic rings. The van der Waals surface area contributed by atoms with Crippen molar-refractivity contribution in [2.45, 2.75) is 39.2 Å². The molecule has 0 saturated heterocycles. The van der Waals surface area contributed by atoms with E-state index in [9.17, 15) is 4.79 Å². The Morgan fingerprint density at radius 2 is 1.75 bits per heavy atom. The molecule has 1 heterocycles. The second-order valence-electron chi connectivity index (χ2n) is 9.53. The van der Waals surface area contributed by atoms with Crippen molar-refractivity contribution < 1.29 is 9.28 Å². The van der Waals surface area contributed by atoms with E-state index in [1.165, 1.54) is 0 Å². The zero-order valence-corrected chi connectivity index (χ0v) is 20.7. The van der Waals surface area contributed by atoms with Crippen molar-refractivity contribution in [1.82, 2.24) is 9.88 Å². The molecule has 0 aliphatic heterocycles. The maximum atomic E-state index is 13.7. The van der Waals surface area contributed by atoms with Gasteiger partial charge in [-0.2, -0.15) is 0 Å². The fourth-order valence-corrected chi connectivity index (χ4v) is 4.15. The normalized spacial score (nSPS) is 12.7. The first-order valence-corrected chi connectivity index (χ1v) is 11.8. The van der Waals surface area contributed by atoms with Crippen LogP contribution in [0.2, 0.25) is 5.02 Å². The van der Waals surface area contributed by atoms with E-state index >= 15 is 0 Å². The molecule has 0 radical (unpaired) electrons. The van der Waals surface area contributed by atoms with E-state index in [4.69, 9.17) is 16.6 Å². The van der Waals surface area contributed by atoms with Crippen molar-refractivity contribution in [1.29, 1.82) is 0 Å². The molecule has 0 saturated carbocycles. The number of benzene rings is 2. The van der Waals surface area contributed by atoms with Crippen LogP contribution >= 0.6 is 11.6 Å². The summed E-state index contributed by atoms with van der Waals surface area (Å²) in [7, 11) is 6.60. The van der Waals surface area contributed by atoms with Crippen molar-refractivity contribution in [2.75, 3.05) is 34.2 Å². The van der Waals surface area contributed by atoms with E-state index < -0.39 is 0 Å². The highest BCUT2D eigenvalue weighted by Crippen LogP contribution is 2.32. The fourth-order valence-electron chi connectivity index (χ4n) is 3.92. The van der Waals surface area contributed by atoms with Crippen molar-refractivity contribution in [3.63, 3.8) is 0 Å². The molecular weight excluding hydrogens is 418 g/mol. The van der Waals surface area contributed by atoms with E-state index in [2.05, 4.69) is 35.0 Å². The standard InChI is InChI=1S/C27H35ClN3O/c1-6-20(2)30(17-11-12-18-31(3,4)5)27(32)25-19-21-13-7-8-14-22(21)26(29-25)23-15-9-10-16-24(23)28/h7-10,13-16,19-20H,6,11-12,17-18H2,1-5H3/q+1/t20-/m0/s1. The molecule has 170 valence electrons. The minimum absolute atomic E-state index is 0.0105. The predicted octanol–water partition coefficient (Wildman–Crippen LogP) is 6.28. The number of fused-ring (bicyclic) bond motifs is 1. The van der Waals surface area contributed by atoms with Crippen LogP contribution in [0.25, 0.3) is 22.0 Å². The first kappa shape index (κ1) is 24.2. The van der Waals surface area contributed by atoms with Gasteiger partial charge in [0.25, 0.3) is 5.91 Å². The quantitative estimate of drug-likeness (QED) is 0.282. The van der Waals surface area contributed by atoms with Crippen LogP contribution in [0.5, 0.6) is 0 Å². The van der Waals surface area contributed by atoms with E-state index in [0.717, 1.165) is 58.9 Å². The van der Waals surface area contributed by atoms with Gasteiger partial charge in [-0.15, -0.1) is 0 Å². The van der Waals surface area contributed by atoms with Gasteiger partial charge in [-0.3, -0.25) is 4.79 Å². The molecule has 1 aromatic heterocycles. The Bertz CT molecular complexity index is 1070. The molecule has 0 unspecified atom stereocenters. The third kappa shape index (κ3) is 5.87. The molecule has 1 atom stereocenters. The summed E-state index contributed by atoms with van der Waals surface area (Å²) in [5, 5.41) is 2.62. The summed E-state index contributed by atoms with van der Waals surface area (Å²) in [4.78, 5) is 20.5.